The van der Waals surface area contributed by atoms with Gasteiger partial charge >= 0.3 is 0 Å². The number of nitrogens with zero attached hydrogens (tertiary/aromatic N) is 3. The minimum absolute atomic E-state index is 0.285. The van der Waals surface area contributed by atoms with Crippen molar-refractivity contribution in [1.82, 2.24) is 15.1 Å². The van der Waals surface area contributed by atoms with Gasteiger partial charge in [-0.2, -0.15) is 0 Å². The third-order valence-corrected chi connectivity index (χ3v) is 2.54. The average molecular weight is 220 g/mol. The van der Waals surface area contributed by atoms with Crippen LogP contribution in [0.3, 0.4) is 0 Å². The predicted octanol–water partition coefficient (Wildman–Crippen LogP) is 0.472. The van der Waals surface area contributed by atoms with Gasteiger partial charge in [-0.15, -0.1) is 10.2 Å². The summed E-state index contributed by atoms with van der Waals surface area (Å²) in [6.45, 7) is 2.43. The highest BCUT2D eigenvalue weighted by Crippen LogP contribution is 2.19. The molecular formula is C10H12N4O2. The molecule has 1 saturated heterocycles. The fourth-order valence-corrected chi connectivity index (χ4v) is 1.75. The summed E-state index contributed by atoms with van der Waals surface area (Å²) in [5.41, 5.74) is 5.68. The van der Waals surface area contributed by atoms with E-state index in [1.165, 1.54) is 0 Å². The Morgan fingerprint density at radius 3 is 3.00 bits per heavy atom. The van der Waals surface area contributed by atoms with Crippen molar-refractivity contribution in [2.45, 2.75) is 12.6 Å². The smallest absolute Gasteiger partial charge is 0.283 e. The van der Waals surface area contributed by atoms with Crippen LogP contribution in [0.4, 0.5) is 0 Å². The SMILES string of the molecule is NC1CN(Cc2nnc(-c3ccco3)o2)C1. The maximum absolute atomic E-state index is 5.68. The van der Waals surface area contributed by atoms with Gasteiger partial charge in [-0.3, -0.25) is 4.90 Å². The van der Waals surface area contributed by atoms with E-state index in [-0.39, 0.29) is 6.04 Å². The van der Waals surface area contributed by atoms with Crippen molar-refractivity contribution in [3.05, 3.63) is 24.3 Å². The first kappa shape index (κ1) is 9.56. The summed E-state index contributed by atoms with van der Waals surface area (Å²) >= 11 is 0. The Hall–Kier alpha value is -1.66. The molecule has 3 heterocycles. The number of rotatable bonds is 3. The zero-order valence-electron chi connectivity index (χ0n) is 8.67. The van der Waals surface area contributed by atoms with Gasteiger partial charge in [-0.05, 0) is 12.1 Å². The van der Waals surface area contributed by atoms with Crippen molar-refractivity contribution in [3.8, 4) is 11.7 Å². The second-order valence-corrected chi connectivity index (χ2v) is 3.93. The van der Waals surface area contributed by atoms with Crippen LogP contribution in [0.15, 0.2) is 27.2 Å². The van der Waals surface area contributed by atoms with E-state index in [0.717, 1.165) is 13.1 Å². The molecule has 0 unspecified atom stereocenters. The number of hydrogen-bond donors (Lipinski definition) is 1. The van der Waals surface area contributed by atoms with Crippen molar-refractivity contribution >= 4 is 0 Å². The van der Waals surface area contributed by atoms with Crippen LogP contribution < -0.4 is 5.73 Å². The first-order valence-electron chi connectivity index (χ1n) is 5.15. The summed E-state index contributed by atoms with van der Waals surface area (Å²) in [6, 6.07) is 3.86. The summed E-state index contributed by atoms with van der Waals surface area (Å²) in [5, 5.41) is 7.88. The first-order valence-corrected chi connectivity index (χ1v) is 5.15. The first-order chi connectivity index (χ1) is 7.81. The number of hydrogen-bond acceptors (Lipinski definition) is 6. The minimum Gasteiger partial charge on any atom is -0.459 e. The summed E-state index contributed by atoms with van der Waals surface area (Å²) in [5.74, 6) is 1.61. The Morgan fingerprint density at radius 1 is 1.44 bits per heavy atom. The van der Waals surface area contributed by atoms with Gasteiger partial charge in [0.25, 0.3) is 5.89 Å². The Morgan fingerprint density at radius 2 is 2.31 bits per heavy atom. The van der Waals surface area contributed by atoms with Crippen LogP contribution in [-0.2, 0) is 6.54 Å². The lowest BCUT2D eigenvalue weighted by atomic mass is 10.1. The van der Waals surface area contributed by atoms with Crippen molar-refractivity contribution in [2.75, 3.05) is 13.1 Å². The van der Waals surface area contributed by atoms with Gasteiger partial charge in [-0.25, -0.2) is 0 Å². The largest absolute Gasteiger partial charge is 0.459 e. The molecular weight excluding hydrogens is 208 g/mol. The zero-order chi connectivity index (χ0) is 11.0. The summed E-state index contributed by atoms with van der Waals surface area (Å²) < 4.78 is 10.6. The summed E-state index contributed by atoms with van der Waals surface area (Å²) in [7, 11) is 0. The molecule has 0 bridgehead atoms. The van der Waals surface area contributed by atoms with Crippen LogP contribution in [0.1, 0.15) is 5.89 Å². The molecule has 2 N–H and O–H groups in total. The molecule has 16 heavy (non-hydrogen) atoms. The Kier molecular flexibility index (Phi) is 2.23. The van der Waals surface area contributed by atoms with Crippen molar-refractivity contribution in [1.29, 1.82) is 0 Å². The van der Waals surface area contributed by atoms with Crippen LogP contribution in [-0.4, -0.2) is 34.2 Å². The monoisotopic (exact) mass is 220 g/mol. The molecule has 0 saturated carbocycles. The standard InChI is InChI=1S/C10H12N4O2/c11-7-4-14(5-7)6-9-12-13-10(16-9)8-2-1-3-15-8/h1-3,7H,4-6,11H2. The van der Waals surface area contributed by atoms with Crippen molar-refractivity contribution in [3.63, 3.8) is 0 Å². The molecule has 2 aromatic heterocycles. The number of nitrogens with two attached hydrogens (primary N) is 1. The van der Waals surface area contributed by atoms with Gasteiger partial charge in [0.2, 0.25) is 5.89 Å². The molecule has 3 rings (SSSR count). The van der Waals surface area contributed by atoms with Gasteiger partial charge in [0.1, 0.15) is 0 Å². The second-order valence-electron chi connectivity index (χ2n) is 3.93. The van der Waals surface area contributed by atoms with Gasteiger partial charge in [0, 0.05) is 19.1 Å². The van der Waals surface area contributed by atoms with E-state index in [4.69, 9.17) is 14.6 Å². The Bertz CT molecular complexity index is 459. The topological polar surface area (TPSA) is 81.3 Å². The number of furan rings is 1. The quantitative estimate of drug-likeness (QED) is 0.809. The van der Waals surface area contributed by atoms with Gasteiger partial charge in [0.15, 0.2) is 5.76 Å². The number of likely N-dealkylation sites (tertiary alicyclic amines) is 1. The molecule has 6 nitrogen and oxygen atoms in total. The molecule has 1 aliphatic heterocycles. The maximum atomic E-state index is 5.68. The van der Waals surface area contributed by atoms with E-state index >= 15 is 0 Å². The van der Waals surface area contributed by atoms with Crippen LogP contribution >= 0.6 is 0 Å². The molecule has 2 aromatic rings. The molecule has 0 radical (unpaired) electrons. The normalized spacial score (nSPS) is 17.6. The number of aromatic nitrogens is 2. The molecule has 0 aliphatic carbocycles. The van der Waals surface area contributed by atoms with Crippen molar-refractivity contribution in [2.24, 2.45) is 5.73 Å². The summed E-state index contributed by atoms with van der Waals surface area (Å²) in [6.07, 6.45) is 1.58. The molecule has 0 atom stereocenters. The fourth-order valence-electron chi connectivity index (χ4n) is 1.75. The fraction of sp³-hybridized carbons (Fsp3) is 0.400. The average Bonchev–Trinajstić information content (AvgIpc) is 2.84. The lowest BCUT2D eigenvalue weighted by molar-refractivity contribution is 0.129. The van der Waals surface area contributed by atoms with E-state index in [9.17, 15) is 0 Å². The predicted molar refractivity (Wildman–Crippen MR) is 55.3 cm³/mol. The van der Waals surface area contributed by atoms with Crippen LogP contribution in [0.5, 0.6) is 0 Å². The third kappa shape index (κ3) is 1.72. The summed E-state index contributed by atoms with van der Waals surface area (Å²) in [4.78, 5) is 2.16. The zero-order valence-corrected chi connectivity index (χ0v) is 8.67. The second kappa shape index (κ2) is 3.73. The van der Waals surface area contributed by atoms with Crippen molar-refractivity contribution < 1.29 is 8.83 Å². The molecule has 84 valence electrons. The molecule has 6 heteroatoms. The molecule has 0 amide bonds. The Balaban J connectivity index is 1.69. The van der Waals surface area contributed by atoms with E-state index in [0.29, 0.717) is 24.1 Å². The highest BCUT2D eigenvalue weighted by atomic mass is 16.4. The molecule has 0 aromatic carbocycles. The van der Waals surface area contributed by atoms with E-state index in [1.54, 1.807) is 18.4 Å². The van der Waals surface area contributed by atoms with Crippen LogP contribution in [0.2, 0.25) is 0 Å². The van der Waals surface area contributed by atoms with E-state index in [2.05, 4.69) is 15.1 Å². The molecule has 1 aliphatic rings. The van der Waals surface area contributed by atoms with Gasteiger partial charge in [0.05, 0.1) is 12.8 Å². The van der Waals surface area contributed by atoms with Crippen LogP contribution in [0.25, 0.3) is 11.7 Å². The van der Waals surface area contributed by atoms with Crippen LogP contribution in [0, 0.1) is 0 Å². The Labute approximate surface area is 92.0 Å². The molecule has 0 spiro atoms. The van der Waals surface area contributed by atoms with E-state index < -0.39 is 0 Å². The molecule has 1 fully saturated rings. The minimum atomic E-state index is 0.285. The lowest BCUT2D eigenvalue weighted by Crippen LogP contribution is -2.54. The van der Waals surface area contributed by atoms with Gasteiger partial charge in [-0.1, -0.05) is 0 Å². The van der Waals surface area contributed by atoms with E-state index in [1.807, 2.05) is 0 Å². The highest BCUT2D eigenvalue weighted by Gasteiger charge is 2.24. The third-order valence-electron chi connectivity index (χ3n) is 2.54. The lowest BCUT2D eigenvalue weighted by Gasteiger charge is -2.35. The highest BCUT2D eigenvalue weighted by molar-refractivity contribution is 5.42. The maximum Gasteiger partial charge on any atom is 0.283 e. The van der Waals surface area contributed by atoms with Gasteiger partial charge < -0.3 is 14.6 Å².